The van der Waals surface area contributed by atoms with E-state index in [1.54, 1.807) is 12.1 Å². The molecule has 0 radical (unpaired) electrons. The van der Waals surface area contributed by atoms with Gasteiger partial charge >= 0.3 is 0 Å². The smallest absolute Gasteiger partial charge is 0.277 e. The largest absolute Gasteiger partial charge is 0.395 e. The zero-order valence-electron chi connectivity index (χ0n) is 9.99. The molecule has 1 aromatic carbocycles. The molecule has 0 saturated carbocycles. The van der Waals surface area contributed by atoms with Crippen LogP contribution in [0.25, 0.3) is 0 Å². The monoisotopic (exact) mass is 378 g/mol. The van der Waals surface area contributed by atoms with Gasteiger partial charge in [-0.3, -0.25) is 14.5 Å². The second kappa shape index (κ2) is 6.13. The summed E-state index contributed by atoms with van der Waals surface area (Å²) in [5.41, 5.74) is 0.407. The highest BCUT2D eigenvalue weighted by Crippen LogP contribution is 2.35. The molecule has 2 amide bonds. The number of aliphatic hydroxyl groups is 1. The third kappa shape index (κ3) is 2.98. The van der Waals surface area contributed by atoms with E-state index in [4.69, 9.17) is 28.3 Å². The minimum absolute atomic E-state index is 0.0544. The van der Waals surface area contributed by atoms with Crippen molar-refractivity contribution in [2.75, 3.05) is 18.5 Å². The standard InChI is InChI=1S/C12H9BrCl2N2O3/c13-6-3-7(14)11(8(15)4-6)16-9-5-10(19)17(1-2-18)12(9)20/h3-5,16,18H,1-2H2. The van der Waals surface area contributed by atoms with Gasteiger partial charge in [-0.2, -0.15) is 0 Å². The minimum atomic E-state index is -0.529. The van der Waals surface area contributed by atoms with Crippen LogP contribution in [-0.4, -0.2) is 35.0 Å². The van der Waals surface area contributed by atoms with E-state index in [-0.39, 0.29) is 18.8 Å². The molecule has 106 valence electrons. The number of anilines is 1. The number of imide groups is 1. The molecule has 20 heavy (non-hydrogen) atoms. The molecule has 1 aliphatic rings. The maximum Gasteiger partial charge on any atom is 0.277 e. The van der Waals surface area contributed by atoms with Gasteiger partial charge in [0.25, 0.3) is 11.8 Å². The SMILES string of the molecule is O=C1C=C(Nc2c(Cl)cc(Br)cc2Cl)C(=O)N1CCO. The molecule has 0 bridgehead atoms. The Labute approximate surface area is 133 Å². The summed E-state index contributed by atoms with van der Waals surface area (Å²) in [6, 6.07) is 3.23. The van der Waals surface area contributed by atoms with Gasteiger partial charge in [0.1, 0.15) is 5.70 Å². The highest BCUT2D eigenvalue weighted by molar-refractivity contribution is 9.10. The summed E-state index contributed by atoms with van der Waals surface area (Å²) < 4.78 is 0.697. The number of hydrogen-bond acceptors (Lipinski definition) is 4. The van der Waals surface area contributed by atoms with Crippen LogP contribution in [0.1, 0.15) is 0 Å². The number of amides is 2. The third-order valence-electron chi connectivity index (χ3n) is 2.60. The summed E-state index contributed by atoms with van der Waals surface area (Å²) in [6.45, 7) is -0.348. The van der Waals surface area contributed by atoms with E-state index in [0.29, 0.717) is 20.2 Å². The minimum Gasteiger partial charge on any atom is -0.395 e. The summed E-state index contributed by atoms with van der Waals surface area (Å²) in [5.74, 6) is -1.02. The van der Waals surface area contributed by atoms with Gasteiger partial charge in [-0.05, 0) is 12.1 Å². The normalized spacial score (nSPS) is 14.8. The predicted octanol–water partition coefficient (Wildman–Crippen LogP) is 2.41. The Hall–Kier alpha value is -1.08. The topological polar surface area (TPSA) is 69.6 Å². The summed E-state index contributed by atoms with van der Waals surface area (Å²) >= 11 is 15.3. The first-order valence-corrected chi connectivity index (χ1v) is 7.09. The van der Waals surface area contributed by atoms with Crippen LogP contribution in [0, 0.1) is 0 Å². The maximum absolute atomic E-state index is 12.0. The first-order chi connectivity index (χ1) is 9.43. The van der Waals surface area contributed by atoms with E-state index < -0.39 is 11.8 Å². The Morgan fingerprint density at radius 1 is 1.25 bits per heavy atom. The van der Waals surface area contributed by atoms with Crippen molar-refractivity contribution < 1.29 is 14.7 Å². The number of nitrogens with one attached hydrogen (secondary N) is 1. The number of nitrogens with zero attached hydrogens (tertiary/aromatic N) is 1. The Bertz CT molecular complexity index is 596. The molecule has 0 unspecified atom stereocenters. The van der Waals surface area contributed by atoms with E-state index >= 15 is 0 Å². The van der Waals surface area contributed by atoms with Crippen LogP contribution in [0.15, 0.2) is 28.4 Å². The van der Waals surface area contributed by atoms with Gasteiger partial charge in [-0.15, -0.1) is 0 Å². The fourth-order valence-electron chi connectivity index (χ4n) is 1.71. The van der Waals surface area contributed by atoms with Crippen LogP contribution in [0.3, 0.4) is 0 Å². The maximum atomic E-state index is 12.0. The van der Waals surface area contributed by atoms with Crippen molar-refractivity contribution in [3.05, 3.63) is 38.4 Å². The fraction of sp³-hybridized carbons (Fsp3) is 0.167. The second-order valence-corrected chi connectivity index (χ2v) is 5.68. The number of carbonyl (C=O) groups is 2. The van der Waals surface area contributed by atoms with Gasteiger partial charge in [0.15, 0.2) is 0 Å². The lowest BCUT2D eigenvalue weighted by atomic mass is 10.3. The van der Waals surface area contributed by atoms with Crippen LogP contribution in [0.2, 0.25) is 10.0 Å². The number of β-amino-alcohol motifs (C(OH)–C–C–N with tert-alkyl or cyclic N) is 1. The quantitative estimate of drug-likeness (QED) is 0.788. The van der Waals surface area contributed by atoms with Crippen LogP contribution in [0.4, 0.5) is 5.69 Å². The molecule has 1 aliphatic heterocycles. The number of halogens is 3. The zero-order chi connectivity index (χ0) is 14.9. The molecule has 8 heteroatoms. The summed E-state index contributed by atoms with van der Waals surface area (Å²) in [4.78, 5) is 24.5. The van der Waals surface area contributed by atoms with E-state index in [9.17, 15) is 9.59 Å². The van der Waals surface area contributed by atoms with Gasteiger partial charge in [0.05, 0.1) is 28.9 Å². The molecule has 0 atom stereocenters. The summed E-state index contributed by atoms with van der Waals surface area (Å²) in [6.07, 6.45) is 1.15. The number of rotatable bonds is 4. The fourth-order valence-corrected chi connectivity index (χ4v) is 3.01. The zero-order valence-corrected chi connectivity index (χ0v) is 13.1. The molecule has 0 aromatic heterocycles. The highest BCUT2D eigenvalue weighted by Gasteiger charge is 2.31. The Balaban J connectivity index is 2.26. The first-order valence-electron chi connectivity index (χ1n) is 5.54. The Morgan fingerprint density at radius 2 is 1.85 bits per heavy atom. The lowest BCUT2D eigenvalue weighted by molar-refractivity contribution is -0.137. The molecule has 0 spiro atoms. The lowest BCUT2D eigenvalue weighted by Crippen LogP contribution is -2.34. The van der Waals surface area contributed by atoms with Gasteiger partial charge in [0.2, 0.25) is 0 Å². The Morgan fingerprint density at radius 3 is 2.40 bits per heavy atom. The van der Waals surface area contributed by atoms with E-state index in [1.165, 1.54) is 0 Å². The van der Waals surface area contributed by atoms with Crippen LogP contribution in [-0.2, 0) is 9.59 Å². The van der Waals surface area contributed by atoms with Crippen molar-refractivity contribution in [3.8, 4) is 0 Å². The van der Waals surface area contributed by atoms with Crippen molar-refractivity contribution in [2.24, 2.45) is 0 Å². The molecule has 1 aromatic rings. The van der Waals surface area contributed by atoms with Crippen molar-refractivity contribution in [2.45, 2.75) is 0 Å². The molecule has 0 fully saturated rings. The number of aliphatic hydroxyl groups excluding tert-OH is 1. The lowest BCUT2D eigenvalue weighted by Gasteiger charge is -2.14. The average molecular weight is 380 g/mol. The number of hydrogen-bond donors (Lipinski definition) is 2. The van der Waals surface area contributed by atoms with Crippen LogP contribution < -0.4 is 5.32 Å². The van der Waals surface area contributed by atoms with Gasteiger partial charge in [-0.1, -0.05) is 39.1 Å². The first kappa shape index (κ1) is 15.3. The molecule has 5 nitrogen and oxygen atoms in total. The van der Waals surface area contributed by atoms with Crippen molar-refractivity contribution in [1.29, 1.82) is 0 Å². The Kier molecular flexibility index (Phi) is 4.70. The van der Waals surface area contributed by atoms with Gasteiger partial charge in [0, 0.05) is 10.5 Å². The van der Waals surface area contributed by atoms with Crippen LogP contribution >= 0.6 is 39.1 Å². The second-order valence-electron chi connectivity index (χ2n) is 3.95. The molecule has 0 saturated heterocycles. The predicted molar refractivity (Wildman–Crippen MR) is 79.7 cm³/mol. The summed E-state index contributed by atoms with van der Waals surface area (Å²) in [7, 11) is 0. The van der Waals surface area contributed by atoms with E-state index in [0.717, 1.165) is 11.0 Å². The number of carbonyl (C=O) groups excluding carboxylic acids is 2. The average Bonchev–Trinajstić information content (AvgIpc) is 2.62. The molecular weight excluding hydrogens is 371 g/mol. The molecule has 1 heterocycles. The number of benzene rings is 1. The molecule has 2 N–H and O–H groups in total. The van der Waals surface area contributed by atoms with Crippen molar-refractivity contribution in [1.82, 2.24) is 4.90 Å². The molecule has 2 rings (SSSR count). The molecular formula is C12H9BrCl2N2O3. The van der Waals surface area contributed by atoms with Gasteiger partial charge in [-0.25, -0.2) is 0 Å². The van der Waals surface area contributed by atoms with Crippen molar-refractivity contribution >= 4 is 56.6 Å². The van der Waals surface area contributed by atoms with Crippen LogP contribution in [0.5, 0.6) is 0 Å². The molecule has 0 aliphatic carbocycles. The third-order valence-corrected chi connectivity index (χ3v) is 3.65. The summed E-state index contributed by atoms with van der Waals surface area (Å²) in [5, 5.41) is 12.2. The van der Waals surface area contributed by atoms with Crippen molar-refractivity contribution in [3.63, 3.8) is 0 Å². The van der Waals surface area contributed by atoms with E-state index in [1.807, 2.05) is 0 Å². The van der Waals surface area contributed by atoms with E-state index in [2.05, 4.69) is 21.2 Å². The van der Waals surface area contributed by atoms with Gasteiger partial charge < -0.3 is 10.4 Å². The highest BCUT2D eigenvalue weighted by atomic mass is 79.9.